The number of hydrogen-bond donors (Lipinski definition) is 1. The molecule has 0 radical (unpaired) electrons. The highest BCUT2D eigenvalue weighted by Crippen LogP contribution is 2.30. The number of benzene rings is 2. The Morgan fingerprint density at radius 2 is 1.04 bits per heavy atom. The summed E-state index contributed by atoms with van der Waals surface area (Å²) in [7, 11) is 0. The number of Topliss-reactive ketones (excluding diaryl/α,β-unsaturated/α-hetero) is 1. The average molecular weight is 664 g/mol. The first-order chi connectivity index (χ1) is 23.1. The number of nitrogens with one attached hydrogen (secondary N) is 1. The highest BCUT2D eigenvalue weighted by atomic mass is 16.6. The zero-order valence-corrected chi connectivity index (χ0v) is 30.9. The van der Waals surface area contributed by atoms with Crippen molar-refractivity contribution in [1.29, 1.82) is 0 Å². The minimum absolute atomic E-state index is 0.0832. The Hall–Kier alpha value is -2.99. The fourth-order valence-corrected chi connectivity index (χ4v) is 5.66. The number of carbonyl (C=O) groups is 3. The van der Waals surface area contributed by atoms with Crippen molar-refractivity contribution < 1.29 is 23.9 Å². The first-order valence-electron chi connectivity index (χ1n) is 19.0. The molecule has 2 rings (SSSR count). The molecule has 2 aromatic rings. The van der Waals surface area contributed by atoms with E-state index in [2.05, 4.69) is 12.2 Å². The Kier molecular flexibility index (Phi) is 20.8. The van der Waals surface area contributed by atoms with Gasteiger partial charge in [0, 0.05) is 17.5 Å². The fraction of sp³-hybridized carbons (Fsp3) is 0.643. The fourth-order valence-electron chi connectivity index (χ4n) is 5.66. The van der Waals surface area contributed by atoms with Gasteiger partial charge in [-0.3, -0.25) is 9.59 Å². The monoisotopic (exact) mass is 663 g/mol. The summed E-state index contributed by atoms with van der Waals surface area (Å²) in [5, 5.41) is 3.19. The van der Waals surface area contributed by atoms with Crippen LogP contribution in [0.3, 0.4) is 0 Å². The third-order valence-electron chi connectivity index (χ3n) is 8.74. The van der Waals surface area contributed by atoms with Gasteiger partial charge in [-0.1, -0.05) is 140 Å². The lowest BCUT2D eigenvalue weighted by atomic mass is 10.0. The van der Waals surface area contributed by atoms with E-state index in [0.29, 0.717) is 11.1 Å². The van der Waals surface area contributed by atoms with Crippen LogP contribution in [0.1, 0.15) is 182 Å². The van der Waals surface area contributed by atoms with E-state index < -0.39 is 11.9 Å². The average Bonchev–Trinajstić information content (AvgIpc) is 3.05. The molecule has 0 saturated carbocycles. The third kappa shape index (κ3) is 19.1. The Balaban J connectivity index is 1.68. The Labute approximate surface area is 292 Å². The van der Waals surface area contributed by atoms with Gasteiger partial charge < -0.3 is 14.8 Å². The van der Waals surface area contributed by atoms with E-state index in [4.69, 9.17) is 9.47 Å². The molecule has 0 spiro atoms. The van der Waals surface area contributed by atoms with Crippen molar-refractivity contribution >= 4 is 17.7 Å². The summed E-state index contributed by atoms with van der Waals surface area (Å²) in [5.41, 5.74) is 1.58. The second-order valence-electron chi connectivity index (χ2n) is 14.5. The topological polar surface area (TPSA) is 81.7 Å². The van der Waals surface area contributed by atoms with Crippen molar-refractivity contribution in [2.45, 2.75) is 169 Å². The quantitative estimate of drug-likeness (QED) is 0.0467. The van der Waals surface area contributed by atoms with Gasteiger partial charge in [0.25, 0.3) is 0 Å². The zero-order valence-electron chi connectivity index (χ0n) is 30.9. The van der Waals surface area contributed by atoms with Gasteiger partial charge in [-0.2, -0.15) is 0 Å². The van der Waals surface area contributed by atoms with E-state index in [0.717, 1.165) is 24.8 Å². The lowest BCUT2D eigenvalue weighted by Gasteiger charge is -2.20. The number of ketones is 1. The molecule has 0 unspecified atom stereocenters. The van der Waals surface area contributed by atoms with E-state index >= 15 is 0 Å². The molecule has 0 aliphatic heterocycles. The van der Waals surface area contributed by atoms with Gasteiger partial charge in [0.2, 0.25) is 0 Å². The van der Waals surface area contributed by atoms with Crippen LogP contribution in [-0.4, -0.2) is 29.8 Å². The van der Waals surface area contributed by atoms with Crippen molar-refractivity contribution in [1.82, 2.24) is 5.32 Å². The van der Waals surface area contributed by atoms with Crippen LogP contribution in [0.5, 0.6) is 11.5 Å². The largest absolute Gasteiger partial charge is 0.422 e. The normalized spacial score (nSPS) is 11.4. The number of esters is 2. The van der Waals surface area contributed by atoms with E-state index in [9.17, 15) is 14.4 Å². The molecule has 0 aromatic heterocycles. The van der Waals surface area contributed by atoms with Crippen LogP contribution in [-0.2, 0) is 4.79 Å². The van der Waals surface area contributed by atoms with Crippen LogP contribution < -0.4 is 14.8 Å². The van der Waals surface area contributed by atoms with Crippen molar-refractivity contribution in [3.63, 3.8) is 0 Å². The molecular weight excluding hydrogens is 598 g/mol. The molecular formula is C42H65NO5. The zero-order chi connectivity index (χ0) is 35.0. The summed E-state index contributed by atoms with van der Waals surface area (Å²) < 4.78 is 11.3. The summed E-state index contributed by atoms with van der Waals surface area (Å²) in [5.74, 6) is -0.897. The van der Waals surface area contributed by atoms with Gasteiger partial charge in [0.05, 0.1) is 12.1 Å². The molecule has 0 aliphatic rings. The highest BCUT2D eigenvalue weighted by molar-refractivity contribution is 5.98. The number of unbranched alkanes of at least 4 members (excludes halogenated alkanes) is 18. The second kappa shape index (κ2) is 24.2. The molecule has 0 bridgehead atoms. The lowest BCUT2D eigenvalue weighted by Crippen LogP contribution is -2.39. The van der Waals surface area contributed by atoms with E-state index in [1.54, 1.807) is 18.2 Å². The van der Waals surface area contributed by atoms with Crippen LogP contribution in [0.25, 0.3) is 0 Å². The third-order valence-corrected chi connectivity index (χ3v) is 8.74. The molecule has 0 saturated heterocycles. The maximum absolute atomic E-state index is 12.9. The molecule has 0 heterocycles. The minimum atomic E-state index is -0.556. The van der Waals surface area contributed by atoms with Crippen molar-refractivity contribution in [2.24, 2.45) is 0 Å². The summed E-state index contributed by atoms with van der Waals surface area (Å²) in [6, 6.07) is 11.7. The molecule has 6 heteroatoms. The molecule has 0 amide bonds. The van der Waals surface area contributed by atoms with Crippen molar-refractivity contribution in [3.05, 3.63) is 59.2 Å². The maximum atomic E-state index is 12.9. The molecule has 1 N–H and O–H groups in total. The van der Waals surface area contributed by atoms with Gasteiger partial charge in [0.15, 0.2) is 17.3 Å². The van der Waals surface area contributed by atoms with Crippen LogP contribution >= 0.6 is 0 Å². The van der Waals surface area contributed by atoms with Gasteiger partial charge in [-0.05, 0) is 64.4 Å². The predicted octanol–water partition coefficient (Wildman–Crippen LogP) is 11.5. The second-order valence-corrected chi connectivity index (χ2v) is 14.5. The van der Waals surface area contributed by atoms with E-state index in [-0.39, 0.29) is 35.8 Å². The van der Waals surface area contributed by atoms with Crippen LogP contribution in [0.2, 0.25) is 0 Å². The Morgan fingerprint density at radius 1 is 0.583 bits per heavy atom. The van der Waals surface area contributed by atoms with Crippen molar-refractivity contribution in [3.8, 4) is 11.5 Å². The van der Waals surface area contributed by atoms with E-state index in [1.165, 1.54) is 115 Å². The molecule has 6 nitrogen and oxygen atoms in total. The summed E-state index contributed by atoms with van der Waals surface area (Å²) in [4.78, 5) is 38.5. The minimum Gasteiger partial charge on any atom is -0.422 e. The predicted molar refractivity (Wildman–Crippen MR) is 198 cm³/mol. The van der Waals surface area contributed by atoms with Crippen molar-refractivity contribution in [2.75, 3.05) is 6.54 Å². The van der Waals surface area contributed by atoms with Gasteiger partial charge >= 0.3 is 11.9 Å². The van der Waals surface area contributed by atoms with Crippen LogP contribution in [0.15, 0.2) is 42.5 Å². The number of hydrogen-bond acceptors (Lipinski definition) is 6. The Bertz CT molecular complexity index is 1200. The first kappa shape index (κ1) is 41.2. The smallest absolute Gasteiger partial charge is 0.343 e. The molecule has 268 valence electrons. The number of ether oxygens (including phenoxy) is 2. The van der Waals surface area contributed by atoms with Gasteiger partial charge in [-0.15, -0.1) is 0 Å². The maximum Gasteiger partial charge on any atom is 0.343 e. The van der Waals surface area contributed by atoms with Gasteiger partial charge in [0.1, 0.15) is 0 Å². The lowest BCUT2D eigenvalue weighted by molar-refractivity contribution is -0.134. The molecule has 0 aliphatic carbocycles. The van der Waals surface area contributed by atoms with Gasteiger partial charge in [-0.25, -0.2) is 4.79 Å². The van der Waals surface area contributed by atoms with Crippen LogP contribution in [0.4, 0.5) is 0 Å². The molecule has 2 aromatic carbocycles. The summed E-state index contributed by atoms with van der Waals surface area (Å²) in [6.07, 6.45) is 24.9. The Morgan fingerprint density at radius 3 is 1.52 bits per heavy atom. The standard InChI is InChI=1S/C42H65NO5/c1-6-7-8-9-10-11-12-13-14-15-16-17-18-19-20-21-22-23-24-25-40(45)47-39-32-36(37(44)33-43-42(3,4)5)30-31-38(39)48-41(46)35-28-26-34(2)27-29-35/h26-32,43H,6-25,33H2,1-5H3. The highest BCUT2D eigenvalue weighted by Gasteiger charge is 2.19. The number of carbonyl (C=O) groups excluding carboxylic acids is 3. The number of aryl methyl sites for hydroxylation is 1. The molecule has 48 heavy (non-hydrogen) atoms. The summed E-state index contributed by atoms with van der Waals surface area (Å²) in [6.45, 7) is 10.3. The van der Waals surface area contributed by atoms with E-state index in [1.807, 2.05) is 39.8 Å². The van der Waals surface area contributed by atoms with Crippen LogP contribution in [0, 0.1) is 6.92 Å². The molecule has 0 fully saturated rings. The summed E-state index contributed by atoms with van der Waals surface area (Å²) >= 11 is 0. The first-order valence-corrected chi connectivity index (χ1v) is 19.0. The SMILES string of the molecule is CCCCCCCCCCCCCCCCCCCCCC(=O)Oc1cc(C(=O)CNC(C)(C)C)ccc1OC(=O)c1ccc(C)cc1. The number of rotatable bonds is 26. The molecule has 0 atom stereocenters.